The minimum atomic E-state index is 0.966. The van der Waals surface area contributed by atoms with Gasteiger partial charge in [-0.1, -0.05) is 64.1 Å². The minimum Gasteiger partial charge on any atom is -0.220 e. The van der Waals surface area contributed by atoms with Crippen LogP contribution in [0.15, 0.2) is 5.16 Å². The van der Waals surface area contributed by atoms with Gasteiger partial charge in [-0.05, 0) is 23.3 Å². The first-order chi connectivity index (χ1) is 8.88. The highest BCUT2D eigenvalue weighted by molar-refractivity contribution is 7.99. The molecule has 5 heteroatoms. The number of nitrogens with zero attached hydrogens (tertiary/aromatic N) is 4. The van der Waals surface area contributed by atoms with Crippen LogP contribution in [0.25, 0.3) is 0 Å². The van der Waals surface area contributed by atoms with Gasteiger partial charge in [-0.3, -0.25) is 0 Å². The van der Waals surface area contributed by atoms with Gasteiger partial charge >= 0.3 is 0 Å². The van der Waals surface area contributed by atoms with Gasteiger partial charge in [0.1, 0.15) is 0 Å². The number of thioether (sulfide) groups is 1. The Labute approximate surface area is 115 Å². The second-order valence-corrected chi connectivity index (χ2v) is 5.72. The topological polar surface area (TPSA) is 43.6 Å². The summed E-state index contributed by atoms with van der Waals surface area (Å²) < 4.78 is 1.96. The molecule has 0 saturated heterocycles. The maximum absolute atomic E-state index is 4.08. The van der Waals surface area contributed by atoms with E-state index < -0.39 is 0 Å². The molecule has 1 rings (SSSR count). The van der Waals surface area contributed by atoms with Crippen molar-refractivity contribution in [3.63, 3.8) is 0 Å². The molecule has 0 saturated carbocycles. The number of unbranched alkanes of at least 4 members (excludes halogenated alkanes) is 6. The molecular weight excluding hydrogens is 244 g/mol. The average molecular weight is 270 g/mol. The van der Waals surface area contributed by atoms with E-state index in [1.54, 1.807) is 11.8 Å². The fraction of sp³-hybridized carbons (Fsp3) is 0.923. The highest BCUT2D eigenvalue weighted by Gasteiger charge is 2.05. The number of aryl methyl sites for hydroxylation is 1. The van der Waals surface area contributed by atoms with Crippen LogP contribution in [0.4, 0.5) is 0 Å². The first-order valence-electron chi connectivity index (χ1n) is 7.27. The smallest absolute Gasteiger partial charge is 0.209 e. The van der Waals surface area contributed by atoms with Crippen LogP contribution in [0.1, 0.15) is 65.2 Å². The lowest BCUT2D eigenvalue weighted by Gasteiger charge is -2.04. The predicted octanol–water partition coefficient (Wildman–Crippen LogP) is 3.93. The van der Waals surface area contributed by atoms with Crippen LogP contribution in [0.3, 0.4) is 0 Å². The molecule has 18 heavy (non-hydrogen) atoms. The van der Waals surface area contributed by atoms with Crippen LogP contribution in [-0.4, -0.2) is 26.0 Å². The Balaban J connectivity index is 2.15. The van der Waals surface area contributed by atoms with Crippen molar-refractivity contribution in [2.75, 3.05) is 5.75 Å². The number of rotatable bonds is 11. The average Bonchev–Trinajstić information content (AvgIpc) is 2.82. The largest absolute Gasteiger partial charge is 0.220 e. The van der Waals surface area contributed by atoms with E-state index in [0.717, 1.165) is 17.5 Å². The predicted molar refractivity (Wildman–Crippen MR) is 76.8 cm³/mol. The Morgan fingerprint density at radius 1 is 0.944 bits per heavy atom. The molecule has 0 amide bonds. The summed E-state index contributed by atoms with van der Waals surface area (Å²) in [6.07, 6.45) is 10.3. The van der Waals surface area contributed by atoms with Crippen molar-refractivity contribution in [1.82, 2.24) is 20.2 Å². The normalized spacial score (nSPS) is 11.0. The molecule has 0 aliphatic carbocycles. The second kappa shape index (κ2) is 10.4. The lowest BCUT2D eigenvalue weighted by Crippen LogP contribution is -2.02. The number of tetrazole rings is 1. The fourth-order valence-corrected chi connectivity index (χ4v) is 2.78. The summed E-state index contributed by atoms with van der Waals surface area (Å²) in [5.41, 5.74) is 0. The van der Waals surface area contributed by atoms with Gasteiger partial charge in [0.15, 0.2) is 0 Å². The highest BCUT2D eigenvalue weighted by atomic mass is 32.2. The van der Waals surface area contributed by atoms with Crippen molar-refractivity contribution in [2.45, 2.75) is 76.9 Å². The van der Waals surface area contributed by atoms with Crippen LogP contribution < -0.4 is 0 Å². The third-order valence-corrected chi connectivity index (χ3v) is 3.99. The molecule has 0 aliphatic heterocycles. The monoisotopic (exact) mass is 270 g/mol. The molecule has 1 heterocycles. The van der Waals surface area contributed by atoms with Gasteiger partial charge in [0.2, 0.25) is 5.16 Å². The van der Waals surface area contributed by atoms with E-state index in [1.807, 2.05) is 4.68 Å². The van der Waals surface area contributed by atoms with E-state index in [-0.39, 0.29) is 0 Å². The Morgan fingerprint density at radius 2 is 1.67 bits per heavy atom. The van der Waals surface area contributed by atoms with Crippen LogP contribution >= 0.6 is 11.8 Å². The lowest BCUT2D eigenvalue weighted by atomic mass is 10.1. The molecule has 0 atom stereocenters. The zero-order valence-corrected chi connectivity index (χ0v) is 12.6. The number of hydrogen-bond acceptors (Lipinski definition) is 4. The van der Waals surface area contributed by atoms with Crippen molar-refractivity contribution >= 4 is 11.8 Å². The van der Waals surface area contributed by atoms with Gasteiger partial charge in [0, 0.05) is 12.3 Å². The van der Waals surface area contributed by atoms with Crippen LogP contribution in [0, 0.1) is 0 Å². The maximum Gasteiger partial charge on any atom is 0.209 e. The molecule has 0 radical (unpaired) electrons. The molecule has 0 aliphatic rings. The summed E-state index contributed by atoms with van der Waals surface area (Å²) in [5.74, 6) is 1.12. The highest BCUT2D eigenvalue weighted by Crippen LogP contribution is 2.16. The Kier molecular flexibility index (Phi) is 8.90. The summed E-state index contributed by atoms with van der Waals surface area (Å²) in [4.78, 5) is 0. The van der Waals surface area contributed by atoms with Crippen LogP contribution in [0.5, 0.6) is 0 Å². The van der Waals surface area contributed by atoms with Gasteiger partial charge in [-0.15, -0.1) is 5.10 Å². The van der Waals surface area contributed by atoms with Crippen molar-refractivity contribution in [3.8, 4) is 0 Å². The summed E-state index contributed by atoms with van der Waals surface area (Å²) in [6.45, 7) is 5.42. The summed E-state index contributed by atoms with van der Waals surface area (Å²) in [5, 5.41) is 12.9. The van der Waals surface area contributed by atoms with E-state index in [9.17, 15) is 0 Å². The molecule has 0 aromatic carbocycles. The van der Waals surface area contributed by atoms with Crippen LogP contribution in [-0.2, 0) is 6.54 Å². The van der Waals surface area contributed by atoms with Crippen molar-refractivity contribution in [3.05, 3.63) is 0 Å². The third kappa shape index (κ3) is 6.38. The van der Waals surface area contributed by atoms with Gasteiger partial charge in [-0.2, -0.15) is 0 Å². The molecule has 1 aromatic heterocycles. The maximum atomic E-state index is 4.08. The van der Waals surface area contributed by atoms with E-state index in [1.165, 1.54) is 51.4 Å². The Morgan fingerprint density at radius 3 is 2.44 bits per heavy atom. The zero-order chi connectivity index (χ0) is 13.1. The zero-order valence-electron chi connectivity index (χ0n) is 11.8. The molecule has 0 N–H and O–H groups in total. The molecule has 0 unspecified atom stereocenters. The number of aromatic nitrogens is 4. The van der Waals surface area contributed by atoms with Gasteiger partial charge in [0.05, 0.1) is 0 Å². The molecule has 0 fully saturated rings. The molecule has 104 valence electrons. The van der Waals surface area contributed by atoms with E-state index in [2.05, 4.69) is 29.4 Å². The minimum absolute atomic E-state index is 0.966. The first kappa shape index (κ1) is 15.5. The van der Waals surface area contributed by atoms with Crippen molar-refractivity contribution in [1.29, 1.82) is 0 Å². The SMILES string of the molecule is CCCCCCCCn1nnnc1SCCCC. The summed E-state index contributed by atoms with van der Waals surface area (Å²) in [6, 6.07) is 0. The summed E-state index contributed by atoms with van der Waals surface area (Å²) >= 11 is 1.78. The number of hydrogen-bond donors (Lipinski definition) is 0. The van der Waals surface area contributed by atoms with Crippen molar-refractivity contribution in [2.24, 2.45) is 0 Å². The first-order valence-corrected chi connectivity index (χ1v) is 8.26. The van der Waals surface area contributed by atoms with E-state index in [4.69, 9.17) is 0 Å². The van der Waals surface area contributed by atoms with Crippen molar-refractivity contribution < 1.29 is 0 Å². The Bertz CT molecular complexity index is 301. The second-order valence-electron chi connectivity index (χ2n) is 4.65. The van der Waals surface area contributed by atoms with E-state index >= 15 is 0 Å². The van der Waals surface area contributed by atoms with Gasteiger partial charge in [-0.25, -0.2) is 4.68 Å². The molecule has 1 aromatic rings. The molecule has 0 spiro atoms. The van der Waals surface area contributed by atoms with E-state index in [0.29, 0.717) is 0 Å². The molecule has 0 bridgehead atoms. The summed E-state index contributed by atoms with van der Waals surface area (Å²) in [7, 11) is 0. The quantitative estimate of drug-likeness (QED) is 0.451. The standard InChI is InChI=1S/C13H26N4S/c1-3-5-7-8-9-10-11-17-13(14-15-16-17)18-12-6-4-2/h3-12H2,1-2H3. The lowest BCUT2D eigenvalue weighted by molar-refractivity contribution is 0.491. The third-order valence-electron chi connectivity index (χ3n) is 2.95. The molecule has 4 nitrogen and oxygen atoms in total. The van der Waals surface area contributed by atoms with Gasteiger partial charge in [0.25, 0.3) is 0 Å². The molecular formula is C13H26N4S. The fourth-order valence-electron chi connectivity index (χ4n) is 1.79. The Hall–Kier alpha value is -0.580. The van der Waals surface area contributed by atoms with Gasteiger partial charge < -0.3 is 0 Å². The van der Waals surface area contributed by atoms with Crippen LogP contribution in [0.2, 0.25) is 0 Å².